The van der Waals surface area contributed by atoms with Gasteiger partial charge in [-0.05, 0) is 66.8 Å². The van der Waals surface area contributed by atoms with E-state index in [1.165, 1.54) is 0 Å². The highest BCUT2D eigenvalue weighted by Gasteiger charge is 2.08. The lowest BCUT2D eigenvalue weighted by Crippen LogP contribution is -2.19. The van der Waals surface area contributed by atoms with Crippen LogP contribution >= 0.6 is 23.8 Å². The fraction of sp³-hybridized carbons (Fsp3) is 0.0500. The van der Waals surface area contributed by atoms with Crippen LogP contribution < -0.4 is 20.1 Å². The Hall–Kier alpha value is -2.76. The Kier molecular flexibility index (Phi) is 5.94. The maximum Gasteiger partial charge on any atom is 0.175 e. The zero-order chi connectivity index (χ0) is 18.4. The summed E-state index contributed by atoms with van der Waals surface area (Å²) in [7, 11) is 1.63. The number of para-hydroxylation sites is 1. The lowest BCUT2D eigenvalue weighted by atomic mass is 10.3. The first-order chi connectivity index (χ1) is 12.6. The van der Waals surface area contributed by atoms with Crippen LogP contribution in [0.4, 0.5) is 11.4 Å². The van der Waals surface area contributed by atoms with Crippen molar-refractivity contribution in [3.05, 3.63) is 77.8 Å². The summed E-state index contributed by atoms with van der Waals surface area (Å²) in [6, 6.07) is 22.3. The predicted molar refractivity (Wildman–Crippen MR) is 111 cm³/mol. The Labute approximate surface area is 162 Å². The van der Waals surface area contributed by atoms with E-state index in [9.17, 15) is 0 Å². The van der Waals surface area contributed by atoms with Gasteiger partial charge in [-0.1, -0.05) is 29.8 Å². The largest absolute Gasteiger partial charge is 0.497 e. The highest BCUT2D eigenvalue weighted by Crippen LogP contribution is 2.32. The first kappa shape index (κ1) is 18.0. The van der Waals surface area contributed by atoms with Gasteiger partial charge < -0.3 is 20.1 Å². The fourth-order valence-electron chi connectivity index (χ4n) is 2.26. The van der Waals surface area contributed by atoms with Crippen molar-refractivity contribution in [2.24, 2.45) is 0 Å². The number of hydrogen-bond donors (Lipinski definition) is 2. The van der Waals surface area contributed by atoms with Gasteiger partial charge in [0.25, 0.3) is 0 Å². The number of nitrogens with one attached hydrogen (secondary N) is 2. The first-order valence-electron chi connectivity index (χ1n) is 7.88. The number of rotatable bonds is 5. The van der Waals surface area contributed by atoms with Crippen molar-refractivity contribution >= 4 is 40.3 Å². The van der Waals surface area contributed by atoms with Crippen LogP contribution in [-0.4, -0.2) is 12.2 Å². The molecule has 4 nitrogen and oxygen atoms in total. The number of halogens is 1. The number of methoxy groups -OCH3 is 1. The normalized spacial score (nSPS) is 10.1. The highest BCUT2D eigenvalue weighted by atomic mass is 35.5. The second kappa shape index (κ2) is 8.56. The minimum Gasteiger partial charge on any atom is -0.497 e. The molecule has 0 saturated heterocycles. The molecule has 2 N–H and O–H groups in total. The van der Waals surface area contributed by atoms with Crippen LogP contribution in [0.25, 0.3) is 0 Å². The highest BCUT2D eigenvalue weighted by molar-refractivity contribution is 7.80. The second-order valence-corrected chi connectivity index (χ2v) is 6.21. The Balaban J connectivity index is 1.73. The van der Waals surface area contributed by atoms with Crippen molar-refractivity contribution in [1.82, 2.24) is 0 Å². The molecule has 0 bridgehead atoms. The van der Waals surface area contributed by atoms with Crippen LogP contribution in [0.3, 0.4) is 0 Å². The van der Waals surface area contributed by atoms with Crippen LogP contribution in [0.2, 0.25) is 5.02 Å². The zero-order valence-corrected chi connectivity index (χ0v) is 15.6. The summed E-state index contributed by atoms with van der Waals surface area (Å²) < 4.78 is 11.1. The van der Waals surface area contributed by atoms with E-state index in [1.807, 2.05) is 54.6 Å². The maximum atomic E-state index is 6.12. The lowest BCUT2D eigenvalue weighted by molar-refractivity contribution is 0.415. The van der Waals surface area contributed by atoms with Crippen molar-refractivity contribution in [2.75, 3.05) is 17.7 Å². The standard InChI is InChI=1S/C20H17ClN2O2S/c1-24-16-10-8-15(9-11-16)22-20(26)23-18-13-14(21)7-12-19(18)25-17-5-3-2-4-6-17/h2-13H,1H3,(H2,22,23,26). The average molecular weight is 385 g/mol. The van der Waals surface area contributed by atoms with Gasteiger partial charge >= 0.3 is 0 Å². The first-order valence-corrected chi connectivity index (χ1v) is 8.67. The van der Waals surface area contributed by atoms with E-state index in [4.69, 9.17) is 33.3 Å². The van der Waals surface area contributed by atoms with Crippen LogP contribution in [-0.2, 0) is 0 Å². The molecule has 0 amide bonds. The third-order valence-electron chi connectivity index (χ3n) is 3.51. The van der Waals surface area contributed by atoms with Crippen molar-refractivity contribution in [1.29, 1.82) is 0 Å². The van der Waals surface area contributed by atoms with E-state index in [-0.39, 0.29) is 0 Å². The summed E-state index contributed by atoms with van der Waals surface area (Å²) in [4.78, 5) is 0. The number of thiocarbonyl (C=S) groups is 1. The van der Waals surface area contributed by atoms with Crippen LogP contribution in [0, 0.1) is 0 Å². The summed E-state index contributed by atoms with van der Waals surface area (Å²) in [6.07, 6.45) is 0. The topological polar surface area (TPSA) is 42.5 Å². The van der Waals surface area contributed by atoms with Gasteiger partial charge in [0.05, 0.1) is 12.8 Å². The molecule has 0 fully saturated rings. The van der Waals surface area contributed by atoms with E-state index in [2.05, 4.69) is 10.6 Å². The van der Waals surface area contributed by atoms with E-state index in [0.717, 1.165) is 17.2 Å². The van der Waals surface area contributed by atoms with Gasteiger partial charge in [-0.3, -0.25) is 0 Å². The number of ether oxygens (including phenoxy) is 2. The number of benzene rings is 3. The van der Waals surface area contributed by atoms with Crippen molar-refractivity contribution in [3.63, 3.8) is 0 Å². The molecule has 0 heterocycles. The van der Waals surface area contributed by atoms with Gasteiger partial charge in [-0.2, -0.15) is 0 Å². The Morgan fingerprint density at radius 3 is 2.31 bits per heavy atom. The molecule has 0 atom stereocenters. The molecular formula is C20H17ClN2O2S. The summed E-state index contributed by atoms with van der Waals surface area (Å²) in [5.41, 5.74) is 1.52. The molecule has 0 aliphatic rings. The van der Waals surface area contributed by atoms with Crippen LogP contribution in [0.5, 0.6) is 17.2 Å². The van der Waals surface area contributed by atoms with Gasteiger partial charge in [-0.15, -0.1) is 0 Å². The van der Waals surface area contributed by atoms with Gasteiger partial charge in [-0.25, -0.2) is 0 Å². The molecule has 0 spiro atoms. The molecule has 6 heteroatoms. The van der Waals surface area contributed by atoms with Gasteiger partial charge in [0, 0.05) is 10.7 Å². The van der Waals surface area contributed by atoms with Crippen LogP contribution in [0.1, 0.15) is 0 Å². The average Bonchev–Trinajstić information content (AvgIpc) is 2.65. The fourth-order valence-corrected chi connectivity index (χ4v) is 2.66. The summed E-state index contributed by atoms with van der Waals surface area (Å²) in [5.74, 6) is 2.13. The van der Waals surface area contributed by atoms with E-state index >= 15 is 0 Å². The summed E-state index contributed by atoms with van der Waals surface area (Å²) in [6.45, 7) is 0. The van der Waals surface area contributed by atoms with E-state index in [1.54, 1.807) is 25.3 Å². The molecule has 3 rings (SSSR count). The van der Waals surface area contributed by atoms with Crippen molar-refractivity contribution in [2.45, 2.75) is 0 Å². The third kappa shape index (κ3) is 4.88. The Bertz CT molecular complexity index is 886. The smallest absolute Gasteiger partial charge is 0.175 e. The lowest BCUT2D eigenvalue weighted by Gasteiger charge is -2.15. The molecule has 0 aromatic heterocycles. The Morgan fingerprint density at radius 2 is 1.62 bits per heavy atom. The molecule has 132 valence electrons. The second-order valence-electron chi connectivity index (χ2n) is 5.36. The molecule has 0 unspecified atom stereocenters. The third-order valence-corrected chi connectivity index (χ3v) is 3.95. The van der Waals surface area contributed by atoms with Gasteiger partial charge in [0.2, 0.25) is 0 Å². The molecule has 3 aromatic rings. The van der Waals surface area contributed by atoms with Crippen molar-refractivity contribution < 1.29 is 9.47 Å². The van der Waals surface area contributed by atoms with Crippen molar-refractivity contribution in [3.8, 4) is 17.2 Å². The molecule has 0 saturated carbocycles. The number of anilines is 2. The molecule has 3 aromatic carbocycles. The minimum absolute atomic E-state index is 0.426. The zero-order valence-electron chi connectivity index (χ0n) is 14.0. The Morgan fingerprint density at radius 1 is 0.885 bits per heavy atom. The molecule has 0 aliphatic heterocycles. The van der Waals surface area contributed by atoms with E-state index < -0.39 is 0 Å². The maximum absolute atomic E-state index is 6.12. The SMILES string of the molecule is COc1ccc(NC(=S)Nc2cc(Cl)ccc2Oc2ccccc2)cc1. The molecule has 0 radical (unpaired) electrons. The summed E-state index contributed by atoms with van der Waals surface area (Å²) >= 11 is 11.5. The molecule has 26 heavy (non-hydrogen) atoms. The number of hydrogen-bond acceptors (Lipinski definition) is 3. The van der Waals surface area contributed by atoms with Gasteiger partial charge in [0.1, 0.15) is 11.5 Å². The quantitative estimate of drug-likeness (QED) is 0.532. The monoisotopic (exact) mass is 384 g/mol. The molecular weight excluding hydrogens is 368 g/mol. The van der Waals surface area contributed by atoms with Gasteiger partial charge in [0.15, 0.2) is 10.9 Å². The minimum atomic E-state index is 0.426. The van der Waals surface area contributed by atoms with E-state index in [0.29, 0.717) is 21.6 Å². The predicted octanol–water partition coefficient (Wildman–Crippen LogP) is 5.95. The molecule has 0 aliphatic carbocycles. The van der Waals surface area contributed by atoms with Crippen LogP contribution in [0.15, 0.2) is 72.8 Å². The summed E-state index contributed by atoms with van der Waals surface area (Å²) in [5, 5.41) is 7.26.